The average Bonchev–Trinajstić information content (AvgIpc) is 2.86. The van der Waals surface area contributed by atoms with Crippen molar-refractivity contribution in [3.8, 4) is 5.75 Å². The molecule has 2 aromatic carbocycles. The molecule has 3 rings (SSSR count). The molecule has 0 bridgehead atoms. The molecule has 7 nitrogen and oxygen atoms in total. The number of sulfonamides is 1. The van der Waals surface area contributed by atoms with Crippen LogP contribution < -0.4 is 14.9 Å². The van der Waals surface area contributed by atoms with Crippen LogP contribution in [0.2, 0.25) is 0 Å². The van der Waals surface area contributed by atoms with Gasteiger partial charge in [-0.25, -0.2) is 21.9 Å². The Balaban J connectivity index is 1.73. The van der Waals surface area contributed by atoms with Crippen LogP contribution in [-0.2, 0) is 25.9 Å². The number of halogens is 2. The van der Waals surface area contributed by atoms with Crippen LogP contribution in [0, 0.1) is 11.6 Å². The molecule has 2 aromatic rings. The van der Waals surface area contributed by atoms with Crippen molar-refractivity contribution in [2.24, 2.45) is 0 Å². The van der Waals surface area contributed by atoms with Gasteiger partial charge in [0, 0.05) is 17.2 Å². The molecule has 11 heteroatoms. The van der Waals surface area contributed by atoms with Gasteiger partial charge >= 0.3 is 7.12 Å². The molecule has 1 aliphatic heterocycles. The molecule has 0 spiro atoms. The lowest BCUT2D eigenvalue weighted by atomic mass is 9.79. The number of nitrogens with one attached hydrogen (secondary N) is 1. The van der Waals surface area contributed by atoms with Gasteiger partial charge in [-0.2, -0.15) is 0 Å². The number of hydrogen-bond donors (Lipinski definition) is 1. The number of amides is 1. The number of rotatable bonds is 6. The van der Waals surface area contributed by atoms with Crippen LogP contribution in [0.3, 0.4) is 0 Å². The lowest BCUT2D eigenvalue weighted by Gasteiger charge is -2.32. The monoisotopic (exact) mass is 467 g/mol. The van der Waals surface area contributed by atoms with Crippen molar-refractivity contribution in [3.05, 3.63) is 59.2 Å². The Morgan fingerprint density at radius 2 is 1.69 bits per heavy atom. The Kier molecular flexibility index (Phi) is 6.38. The van der Waals surface area contributed by atoms with Crippen molar-refractivity contribution in [1.82, 2.24) is 4.72 Å². The lowest BCUT2D eigenvalue weighted by Crippen LogP contribution is -2.41. The molecule has 1 saturated heterocycles. The summed E-state index contributed by atoms with van der Waals surface area (Å²) in [6, 6.07) is 7.45. The first-order valence-electron chi connectivity index (χ1n) is 9.76. The maximum absolute atomic E-state index is 14.4. The van der Waals surface area contributed by atoms with Crippen molar-refractivity contribution in [2.75, 3.05) is 6.26 Å². The molecular formula is C21H24BF2NO6S. The van der Waals surface area contributed by atoms with Crippen LogP contribution >= 0.6 is 0 Å². The van der Waals surface area contributed by atoms with Gasteiger partial charge in [-0.15, -0.1) is 0 Å². The summed E-state index contributed by atoms with van der Waals surface area (Å²) in [5, 5.41) is 0. The summed E-state index contributed by atoms with van der Waals surface area (Å²) < 4.78 is 70.1. The van der Waals surface area contributed by atoms with Crippen LogP contribution in [0.4, 0.5) is 8.78 Å². The standard InChI is InChI=1S/C21H24BF2NO6S/c1-20(2)21(3,4)31-22(30-20)15-9-16(23)11-17(10-15)29-12-14-7-6-13(8-18(14)24)19(26)25-32(5,27)28/h6-11H,12H2,1-5H3,(H,25,26). The normalized spacial score (nSPS) is 17.3. The second-order valence-electron chi connectivity index (χ2n) is 8.61. The van der Waals surface area contributed by atoms with E-state index < -0.39 is 45.9 Å². The highest BCUT2D eigenvalue weighted by Gasteiger charge is 2.51. The third kappa shape index (κ3) is 5.46. The maximum Gasteiger partial charge on any atom is 0.495 e. The minimum Gasteiger partial charge on any atom is -0.489 e. The highest BCUT2D eigenvalue weighted by molar-refractivity contribution is 7.89. The van der Waals surface area contributed by atoms with E-state index in [0.717, 1.165) is 18.4 Å². The Morgan fingerprint density at radius 1 is 1.06 bits per heavy atom. The molecule has 0 radical (unpaired) electrons. The average molecular weight is 467 g/mol. The largest absolute Gasteiger partial charge is 0.495 e. The topological polar surface area (TPSA) is 90.9 Å². The molecule has 1 amide bonds. The van der Waals surface area contributed by atoms with Crippen molar-refractivity contribution < 1.29 is 36.0 Å². The van der Waals surface area contributed by atoms with Gasteiger partial charge in [0.05, 0.1) is 17.5 Å². The fraction of sp³-hybridized carbons (Fsp3) is 0.381. The van der Waals surface area contributed by atoms with Gasteiger partial charge in [-0.05, 0) is 57.4 Å². The fourth-order valence-electron chi connectivity index (χ4n) is 2.98. The third-order valence-corrected chi connectivity index (χ3v) is 5.96. The van der Waals surface area contributed by atoms with Crippen molar-refractivity contribution in [3.63, 3.8) is 0 Å². The molecule has 1 heterocycles. The zero-order valence-electron chi connectivity index (χ0n) is 18.4. The first-order chi connectivity index (χ1) is 14.7. The third-order valence-electron chi connectivity index (χ3n) is 5.41. The summed E-state index contributed by atoms with van der Waals surface area (Å²) in [6.07, 6.45) is 0.820. The number of carbonyl (C=O) groups excluding carboxylic acids is 1. The van der Waals surface area contributed by atoms with E-state index in [2.05, 4.69) is 0 Å². The van der Waals surface area contributed by atoms with Crippen LogP contribution in [0.5, 0.6) is 5.75 Å². The van der Waals surface area contributed by atoms with Gasteiger partial charge in [0.2, 0.25) is 10.0 Å². The molecular weight excluding hydrogens is 443 g/mol. The first kappa shape index (κ1) is 24.2. The van der Waals surface area contributed by atoms with Crippen LogP contribution in [0.15, 0.2) is 36.4 Å². The molecule has 172 valence electrons. The Labute approximate surface area is 186 Å². The van der Waals surface area contributed by atoms with Gasteiger partial charge in [0.1, 0.15) is 24.0 Å². The SMILES string of the molecule is CC1(C)OB(c2cc(F)cc(OCc3ccc(C(=O)NS(C)(=O)=O)cc3F)c2)OC1(C)C. The van der Waals surface area contributed by atoms with E-state index in [1.54, 1.807) is 10.8 Å². The van der Waals surface area contributed by atoms with E-state index in [9.17, 15) is 22.0 Å². The Morgan fingerprint density at radius 3 is 2.25 bits per heavy atom. The number of carbonyl (C=O) groups is 1. The number of benzene rings is 2. The molecule has 0 saturated carbocycles. The minimum atomic E-state index is -3.77. The van der Waals surface area contributed by atoms with Crippen LogP contribution in [-0.4, -0.2) is 38.9 Å². The molecule has 0 atom stereocenters. The highest BCUT2D eigenvalue weighted by Crippen LogP contribution is 2.36. The second-order valence-corrected chi connectivity index (χ2v) is 10.4. The van der Waals surface area contributed by atoms with E-state index >= 15 is 0 Å². The molecule has 0 aliphatic carbocycles. The molecule has 1 fully saturated rings. The van der Waals surface area contributed by atoms with E-state index in [1.165, 1.54) is 18.2 Å². The predicted octanol–water partition coefficient (Wildman–Crippen LogP) is 2.53. The molecule has 1 N–H and O–H groups in total. The van der Waals surface area contributed by atoms with E-state index in [1.807, 2.05) is 27.7 Å². The van der Waals surface area contributed by atoms with Crippen molar-refractivity contribution >= 4 is 28.5 Å². The number of ether oxygens (including phenoxy) is 1. The molecule has 0 aromatic heterocycles. The van der Waals surface area contributed by atoms with Crippen molar-refractivity contribution in [1.29, 1.82) is 0 Å². The Bertz CT molecular complexity index is 1140. The van der Waals surface area contributed by atoms with Gasteiger partial charge in [0.25, 0.3) is 5.91 Å². The van der Waals surface area contributed by atoms with E-state index in [-0.39, 0.29) is 23.5 Å². The summed E-state index contributed by atoms with van der Waals surface area (Å²) >= 11 is 0. The van der Waals surface area contributed by atoms with Crippen molar-refractivity contribution in [2.45, 2.75) is 45.5 Å². The van der Waals surface area contributed by atoms with Gasteiger partial charge < -0.3 is 14.0 Å². The zero-order chi connectivity index (χ0) is 23.9. The maximum atomic E-state index is 14.4. The lowest BCUT2D eigenvalue weighted by molar-refractivity contribution is 0.00578. The van der Waals surface area contributed by atoms with E-state index in [4.69, 9.17) is 14.0 Å². The van der Waals surface area contributed by atoms with Gasteiger partial charge in [-0.3, -0.25) is 4.79 Å². The fourth-order valence-corrected chi connectivity index (χ4v) is 3.43. The Hall–Kier alpha value is -2.50. The summed E-state index contributed by atoms with van der Waals surface area (Å²) in [6.45, 7) is 7.28. The van der Waals surface area contributed by atoms with Crippen LogP contribution in [0.1, 0.15) is 43.6 Å². The summed E-state index contributed by atoms with van der Waals surface area (Å²) in [5.41, 5.74) is -0.835. The van der Waals surface area contributed by atoms with E-state index in [0.29, 0.717) is 5.46 Å². The summed E-state index contributed by atoms with van der Waals surface area (Å²) in [4.78, 5) is 11.8. The molecule has 32 heavy (non-hydrogen) atoms. The first-order valence-corrected chi connectivity index (χ1v) is 11.7. The summed E-state index contributed by atoms with van der Waals surface area (Å²) in [5.74, 6) is -2.14. The predicted molar refractivity (Wildman–Crippen MR) is 115 cm³/mol. The zero-order valence-corrected chi connectivity index (χ0v) is 19.2. The summed E-state index contributed by atoms with van der Waals surface area (Å²) in [7, 11) is -4.56. The highest BCUT2D eigenvalue weighted by atomic mass is 32.2. The van der Waals surface area contributed by atoms with Gasteiger partial charge in [0.15, 0.2) is 0 Å². The quantitative estimate of drug-likeness (QED) is 0.657. The second kappa shape index (κ2) is 8.45. The number of hydrogen-bond acceptors (Lipinski definition) is 6. The van der Waals surface area contributed by atoms with Crippen LogP contribution in [0.25, 0.3) is 0 Å². The smallest absolute Gasteiger partial charge is 0.489 e. The van der Waals surface area contributed by atoms with Gasteiger partial charge in [-0.1, -0.05) is 6.07 Å². The minimum absolute atomic E-state index is 0.0994. The molecule has 0 unspecified atom stereocenters. The molecule has 1 aliphatic rings.